The molecule has 1 aromatic heterocycles. The summed E-state index contributed by atoms with van der Waals surface area (Å²) in [6.07, 6.45) is 3.51. The second-order valence-electron chi connectivity index (χ2n) is 11.5. The number of nitrogens with zero attached hydrogens (tertiary/aromatic N) is 4. The van der Waals surface area contributed by atoms with Gasteiger partial charge in [0.25, 0.3) is 5.91 Å². The van der Waals surface area contributed by atoms with Crippen LogP contribution in [0.25, 0.3) is 11.3 Å². The number of carbonyl (C=O) groups excluding carboxylic acids is 3. The number of carbonyl (C=O) groups is 3. The Bertz CT molecular complexity index is 1240. The number of hydrogen-bond acceptors (Lipinski definition) is 9. The Hall–Kier alpha value is -2.86. The van der Waals surface area contributed by atoms with Crippen molar-refractivity contribution in [2.75, 3.05) is 58.3 Å². The Kier molecular flexibility index (Phi) is 7.89. The molecule has 2 N–H and O–H groups in total. The highest BCUT2D eigenvalue weighted by Crippen LogP contribution is 2.33. The van der Waals surface area contributed by atoms with Crippen molar-refractivity contribution < 1.29 is 19.1 Å². The Balaban J connectivity index is 1.15. The van der Waals surface area contributed by atoms with Crippen LogP contribution in [0.3, 0.4) is 0 Å². The predicted molar refractivity (Wildman–Crippen MR) is 154 cm³/mol. The molecule has 4 aliphatic rings. The third kappa shape index (κ3) is 5.27. The number of ketones is 1. The van der Waals surface area contributed by atoms with Crippen molar-refractivity contribution in [1.29, 1.82) is 0 Å². The number of nitrogens with one attached hydrogen (secondary N) is 2. The Labute approximate surface area is 239 Å². The fourth-order valence-electron chi connectivity index (χ4n) is 6.54. The molecule has 1 saturated carbocycles. The van der Waals surface area contributed by atoms with Crippen LogP contribution >= 0.6 is 11.3 Å². The molecule has 40 heavy (non-hydrogen) atoms. The zero-order valence-corrected chi connectivity index (χ0v) is 24.0. The molecule has 1 aromatic carbocycles. The third-order valence-electron chi connectivity index (χ3n) is 8.97. The number of rotatable bonds is 7. The first-order valence-corrected chi connectivity index (χ1v) is 15.2. The Morgan fingerprint density at radius 1 is 1.10 bits per heavy atom. The summed E-state index contributed by atoms with van der Waals surface area (Å²) in [5.41, 5.74) is 2.36. The molecule has 11 heteroatoms. The molecular weight excluding hydrogens is 528 g/mol. The van der Waals surface area contributed by atoms with Gasteiger partial charge in [-0.2, -0.15) is 0 Å². The molecule has 4 atom stereocenters. The molecule has 2 aromatic rings. The largest absolute Gasteiger partial charge is 0.366 e. The van der Waals surface area contributed by atoms with Gasteiger partial charge in [0.15, 0.2) is 10.9 Å². The predicted octanol–water partition coefficient (Wildman–Crippen LogP) is 1.62. The first kappa shape index (κ1) is 27.3. The van der Waals surface area contributed by atoms with Gasteiger partial charge in [0.2, 0.25) is 5.91 Å². The number of thiazole rings is 1. The van der Waals surface area contributed by atoms with Gasteiger partial charge in [-0.05, 0) is 45.0 Å². The van der Waals surface area contributed by atoms with Crippen LogP contribution in [0.5, 0.6) is 0 Å². The van der Waals surface area contributed by atoms with E-state index in [4.69, 9.17) is 9.72 Å². The number of benzene rings is 1. The number of Topliss-reactive ketones (excluding diaryl/α,β-unsaturated/α-hetero) is 1. The Morgan fingerprint density at radius 2 is 1.82 bits per heavy atom. The third-order valence-corrected chi connectivity index (χ3v) is 9.87. The number of likely N-dealkylation sites (N-methyl/N-ethyl adjacent to an activating group) is 2. The summed E-state index contributed by atoms with van der Waals surface area (Å²) in [6.45, 7) is 4.43. The van der Waals surface area contributed by atoms with Gasteiger partial charge in [-0.15, -0.1) is 11.3 Å². The summed E-state index contributed by atoms with van der Waals surface area (Å²) >= 11 is 1.65. The van der Waals surface area contributed by atoms with E-state index in [0.29, 0.717) is 12.1 Å². The average molecular weight is 567 g/mol. The van der Waals surface area contributed by atoms with Crippen molar-refractivity contribution in [3.8, 4) is 11.3 Å². The highest BCUT2D eigenvalue weighted by molar-refractivity contribution is 7.14. The highest BCUT2D eigenvalue weighted by Gasteiger charge is 2.53. The number of aromatic nitrogens is 1. The van der Waals surface area contributed by atoms with Crippen molar-refractivity contribution in [1.82, 2.24) is 25.4 Å². The number of hydrogen-bond donors (Lipinski definition) is 2. The van der Waals surface area contributed by atoms with Crippen LogP contribution in [0.15, 0.2) is 29.6 Å². The summed E-state index contributed by atoms with van der Waals surface area (Å²) in [6, 6.07) is 6.08. The molecule has 3 aliphatic heterocycles. The van der Waals surface area contributed by atoms with Crippen molar-refractivity contribution in [3.63, 3.8) is 0 Å². The fraction of sp³-hybridized carbons (Fsp3) is 0.586. The molecular formula is C29H38N6O4S. The van der Waals surface area contributed by atoms with E-state index in [0.717, 1.165) is 68.3 Å². The van der Waals surface area contributed by atoms with Gasteiger partial charge in [0.05, 0.1) is 11.7 Å². The number of ether oxygens (including phenoxy) is 1. The van der Waals surface area contributed by atoms with Crippen LogP contribution in [0, 0.1) is 5.92 Å². The lowest BCUT2D eigenvalue weighted by Crippen LogP contribution is -2.54. The first-order chi connectivity index (χ1) is 19.4. The maximum absolute atomic E-state index is 13.9. The standard InChI is InChI=1S/C29H38N6O4S/c1-30-21-15-35(25-23(36)16-39-26(21)25)28(38)24(19-5-3-4-6-19)32-27(37)20-9-7-18(8-10-20)22-17-40-29(31-22)34-13-11-33(2)12-14-34/h7-10,17,19,21,24-26,30H,3-6,11-16H2,1-2H3,(H,32,37)/t21-,24-,25+,26-/m0/s1. The van der Waals surface area contributed by atoms with E-state index in [-0.39, 0.29) is 42.3 Å². The molecule has 10 nitrogen and oxygen atoms in total. The van der Waals surface area contributed by atoms with Crippen LogP contribution in [-0.2, 0) is 14.3 Å². The van der Waals surface area contributed by atoms with Crippen molar-refractivity contribution in [2.24, 2.45) is 5.92 Å². The fourth-order valence-corrected chi connectivity index (χ4v) is 7.43. The molecule has 3 saturated heterocycles. The van der Waals surface area contributed by atoms with Gasteiger partial charge < -0.3 is 30.1 Å². The van der Waals surface area contributed by atoms with E-state index in [9.17, 15) is 14.4 Å². The van der Waals surface area contributed by atoms with E-state index in [2.05, 4.69) is 32.9 Å². The summed E-state index contributed by atoms with van der Waals surface area (Å²) < 4.78 is 5.71. The summed E-state index contributed by atoms with van der Waals surface area (Å²) in [7, 11) is 3.96. The minimum atomic E-state index is -0.663. The summed E-state index contributed by atoms with van der Waals surface area (Å²) in [4.78, 5) is 51.1. The SMILES string of the molecule is CN[C@H]1CN(C(=O)[C@@H](NC(=O)c2ccc(-c3csc(N4CCN(C)CC4)n3)cc2)C2CCCC2)[C@@H]2C(=O)CO[C@@H]12. The monoisotopic (exact) mass is 566 g/mol. The van der Waals surface area contributed by atoms with Crippen molar-refractivity contribution in [3.05, 3.63) is 35.2 Å². The molecule has 4 heterocycles. The van der Waals surface area contributed by atoms with Crippen LogP contribution in [-0.4, -0.2) is 110 Å². The minimum Gasteiger partial charge on any atom is -0.366 e. The van der Waals surface area contributed by atoms with E-state index in [1.54, 1.807) is 28.4 Å². The van der Waals surface area contributed by atoms with Crippen LogP contribution in [0.2, 0.25) is 0 Å². The topological polar surface area (TPSA) is 107 Å². The normalized spacial score (nSPS) is 26.4. The minimum absolute atomic E-state index is 0.0277. The number of likely N-dealkylation sites (tertiary alicyclic amines) is 1. The zero-order valence-electron chi connectivity index (χ0n) is 23.2. The van der Waals surface area contributed by atoms with Crippen LogP contribution < -0.4 is 15.5 Å². The average Bonchev–Trinajstić information content (AvgIpc) is 3.78. The maximum atomic E-state index is 13.9. The molecule has 0 bridgehead atoms. The number of piperazine rings is 1. The Morgan fingerprint density at radius 3 is 2.52 bits per heavy atom. The van der Waals surface area contributed by atoms with Crippen LogP contribution in [0.4, 0.5) is 5.13 Å². The van der Waals surface area contributed by atoms with E-state index < -0.39 is 12.1 Å². The zero-order chi connectivity index (χ0) is 27.8. The van der Waals surface area contributed by atoms with Crippen LogP contribution in [0.1, 0.15) is 36.0 Å². The number of fused-ring (bicyclic) bond motifs is 1. The van der Waals surface area contributed by atoms with Gasteiger partial charge in [0.1, 0.15) is 24.8 Å². The highest BCUT2D eigenvalue weighted by atomic mass is 32.1. The molecule has 1 aliphatic carbocycles. The maximum Gasteiger partial charge on any atom is 0.251 e. The molecule has 214 valence electrons. The van der Waals surface area contributed by atoms with Gasteiger partial charge in [-0.1, -0.05) is 25.0 Å². The second kappa shape index (κ2) is 11.6. The van der Waals surface area contributed by atoms with E-state index in [1.165, 1.54) is 0 Å². The molecule has 2 amide bonds. The van der Waals surface area contributed by atoms with E-state index >= 15 is 0 Å². The summed E-state index contributed by atoms with van der Waals surface area (Å²) in [5.74, 6) is -0.463. The van der Waals surface area contributed by atoms with Gasteiger partial charge in [-0.3, -0.25) is 14.4 Å². The van der Waals surface area contributed by atoms with Gasteiger partial charge >= 0.3 is 0 Å². The van der Waals surface area contributed by atoms with Gasteiger partial charge in [0, 0.05) is 49.2 Å². The lowest BCUT2D eigenvalue weighted by molar-refractivity contribution is -0.139. The van der Waals surface area contributed by atoms with E-state index in [1.807, 2.05) is 19.2 Å². The lowest BCUT2D eigenvalue weighted by atomic mass is 9.95. The number of anilines is 1. The molecule has 0 spiro atoms. The first-order valence-electron chi connectivity index (χ1n) is 14.4. The molecule has 6 rings (SSSR count). The quantitative estimate of drug-likeness (QED) is 0.521. The smallest absolute Gasteiger partial charge is 0.251 e. The summed E-state index contributed by atoms with van der Waals surface area (Å²) in [5, 5.41) is 9.34. The molecule has 0 unspecified atom stereocenters. The van der Waals surface area contributed by atoms with Gasteiger partial charge in [-0.25, -0.2) is 4.98 Å². The van der Waals surface area contributed by atoms with Crippen molar-refractivity contribution in [2.45, 2.75) is 49.9 Å². The number of amides is 2. The lowest BCUT2D eigenvalue weighted by Gasteiger charge is -2.32. The molecule has 0 radical (unpaired) electrons. The van der Waals surface area contributed by atoms with Crippen molar-refractivity contribution >= 4 is 34.1 Å². The second-order valence-corrected chi connectivity index (χ2v) is 12.3. The molecule has 4 fully saturated rings.